The lowest BCUT2D eigenvalue weighted by atomic mass is 10.1. The third kappa shape index (κ3) is 4.66. The summed E-state index contributed by atoms with van der Waals surface area (Å²) in [6, 6.07) is 2.14. The molecule has 1 aromatic heterocycles. The predicted molar refractivity (Wildman–Crippen MR) is 85.9 cm³/mol. The largest absolute Gasteiger partial charge is 0.336 e. The first kappa shape index (κ1) is 16.7. The minimum absolute atomic E-state index is 0.116. The Morgan fingerprint density at radius 3 is 2.85 bits per heavy atom. The van der Waals surface area contributed by atoms with E-state index in [1.165, 1.54) is 11.3 Å². The molecule has 0 bridgehead atoms. The highest BCUT2D eigenvalue weighted by atomic mass is 32.1. The fourth-order valence-corrected chi connectivity index (χ4v) is 2.64. The number of nitrogens with two attached hydrogens (primary N) is 1. The van der Waals surface area contributed by atoms with Crippen LogP contribution < -0.4 is 5.73 Å². The maximum absolute atomic E-state index is 12.6. The molecule has 0 fully saturated rings. The molecule has 0 aliphatic carbocycles. The van der Waals surface area contributed by atoms with Gasteiger partial charge in [-0.3, -0.25) is 4.79 Å². The van der Waals surface area contributed by atoms with Crippen LogP contribution in [0.5, 0.6) is 0 Å². The van der Waals surface area contributed by atoms with E-state index in [-0.39, 0.29) is 11.9 Å². The van der Waals surface area contributed by atoms with Crippen LogP contribution in [0.3, 0.4) is 0 Å². The fourth-order valence-electron chi connectivity index (χ4n) is 1.89. The zero-order valence-electron chi connectivity index (χ0n) is 12.6. The monoisotopic (exact) mass is 292 g/mol. The fraction of sp³-hybridized carbons (Fsp3) is 0.562. The van der Waals surface area contributed by atoms with Crippen molar-refractivity contribution in [1.82, 2.24) is 4.90 Å². The Morgan fingerprint density at radius 2 is 2.25 bits per heavy atom. The molecule has 110 valence electrons. The zero-order valence-corrected chi connectivity index (χ0v) is 13.4. The number of hydrogen-bond acceptors (Lipinski definition) is 3. The summed E-state index contributed by atoms with van der Waals surface area (Å²) in [6.07, 6.45) is 3.11. The van der Waals surface area contributed by atoms with Crippen LogP contribution in [-0.4, -0.2) is 29.9 Å². The average Bonchev–Trinajstić information content (AvgIpc) is 2.93. The summed E-state index contributed by atoms with van der Waals surface area (Å²) in [5, 5.41) is 1.89. The van der Waals surface area contributed by atoms with E-state index >= 15 is 0 Å². The molecular formula is C16H24N2OS. The predicted octanol–water partition coefficient (Wildman–Crippen LogP) is 3.10. The SMILES string of the molecule is CCCCN(C(=O)c1csc(C#CCN)c1)C(C)CC. The Balaban J connectivity index is 2.85. The van der Waals surface area contributed by atoms with Crippen LogP contribution in [0.15, 0.2) is 11.4 Å². The van der Waals surface area contributed by atoms with Crippen LogP contribution >= 0.6 is 11.3 Å². The summed E-state index contributed by atoms with van der Waals surface area (Å²) in [5.41, 5.74) is 6.10. The van der Waals surface area contributed by atoms with Gasteiger partial charge < -0.3 is 10.6 Å². The van der Waals surface area contributed by atoms with Gasteiger partial charge >= 0.3 is 0 Å². The van der Waals surface area contributed by atoms with Crippen molar-refractivity contribution in [3.05, 3.63) is 21.9 Å². The number of hydrogen-bond donors (Lipinski definition) is 1. The quantitative estimate of drug-likeness (QED) is 0.819. The number of nitrogens with zero attached hydrogens (tertiary/aromatic N) is 1. The number of carbonyl (C=O) groups is 1. The second kappa shape index (κ2) is 8.78. The zero-order chi connectivity index (χ0) is 15.0. The van der Waals surface area contributed by atoms with Crippen LogP contribution in [0.4, 0.5) is 0 Å². The maximum atomic E-state index is 12.6. The van der Waals surface area contributed by atoms with Gasteiger partial charge in [0.1, 0.15) is 0 Å². The van der Waals surface area contributed by atoms with Crippen LogP contribution in [0.25, 0.3) is 0 Å². The molecule has 1 rings (SSSR count). The van der Waals surface area contributed by atoms with Gasteiger partial charge in [0.15, 0.2) is 0 Å². The van der Waals surface area contributed by atoms with Gasteiger partial charge in [0.05, 0.1) is 17.0 Å². The molecule has 2 N–H and O–H groups in total. The molecule has 0 aliphatic rings. The van der Waals surface area contributed by atoms with Crippen LogP contribution in [0.1, 0.15) is 55.3 Å². The van der Waals surface area contributed by atoms with Crippen LogP contribution in [0, 0.1) is 11.8 Å². The summed E-state index contributed by atoms with van der Waals surface area (Å²) in [7, 11) is 0. The third-order valence-corrected chi connectivity index (χ3v) is 4.14. The van der Waals surface area contributed by atoms with E-state index in [9.17, 15) is 4.79 Å². The van der Waals surface area contributed by atoms with Gasteiger partial charge in [0.25, 0.3) is 5.91 Å². The molecule has 0 aliphatic heterocycles. The molecule has 0 aromatic carbocycles. The first-order chi connectivity index (χ1) is 9.63. The van der Waals surface area contributed by atoms with Crippen molar-refractivity contribution in [1.29, 1.82) is 0 Å². The normalized spacial score (nSPS) is 11.6. The molecule has 0 radical (unpaired) electrons. The first-order valence-corrected chi connectivity index (χ1v) is 8.10. The lowest BCUT2D eigenvalue weighted by Crippen LogP contribution is -2.38. The van der Waals surface area contributed by atoms with Crippen molar-refractivity contribution < 1.29 is 4.79 Å². The van der Waals surface area contributed by atoms with E-state index in [4.69, 9.17) is 5.73 Å². The van der Waals surface area contributed by atoms with Crippen molar-refractivity contribution in [3.63, 3.8) is 0 Å². The van der Waals surface area contributed by atoms with E-state index in [1.54, 1.807) is 0 Å². The van der Waals surface area contributed by atoms with E-state index in [0.717, 1.165) is 36.2 Å². The molecule has 1 unspecified atom stereocenters. The second-order valence-corrected chi connectivity index (χ2v) is 5.73. The molecular weight excluding hydrogens is 268 g/mol. The number of thiophene rings is 1. The summed E-state index contributed by atoms with van der Waals surface area (Å²) in [5.74, 6) is 5.91. The van der Waals surface area contributed by atoms with E-state index in [1.807, 2.05) is 16.3 Å². The van der Waals surface area contributed by atoms with E-state index in [0.29, 0.717) is 6.54 Å². The summed E-state index contributed by atoms with van der Waals surface area (Å²) >= 11 is 1.50. The van der Waals surface area contributed by atoms with E-state index in [2.05, 4.69) is 32.6 Å². The molecule has 4 heteroatoms. The van der Waals surface area contributed by atoms with Crippen molar-refractivity contribution in [2.45, 2.75) is 46.1 Å². The minimum atomic E-state index is 0.116. The van der Waals surface area contributed by atoms with Crippen molar-refractivity contribution in [2.24, 2.45) is 5.73 Å². The summed E-state index contributed by atoms with van der Waals surface area (Å²) in [4.78, 5) is 15.5. The van der Waals surface area contributed by atoms with Crippen molar-refractivity contribution >= 4 is 17.2 Å². The average molecular weight is 292 g/mol. The second-order valence-electron chi connectivity index (χ2n) is 4.81. The molecule has 20 heavy (non-hydrogen) atoms. The lowest BCUT2D eigenvalue weighted by Gasteiger charge is -2.28. The van der Waals surface area contributed by atoms with Gasteiger partial charge in [-0.25, -0.2) is 0 Å². The minimum Gasteiger partial charge on any atom is -0.336 e. The van der Waals surface area contributed by atoms with E-state index < -0.39 is 0 Å². The highest BCUT2D eigenvalue weighted by Gasteiger charge is 2.20. The lowest BCUT2D eigenvalue weighted by molar-refractivity contribution is 0.0686. The Labute approximate surface area is 126 Å². The number of unbranched alkanes of at least 4 members (excludes halogenated alkanes) is 1. The van der Waals surface area contributed by atoms with Gasteiger partial charge in [0.2, 0.25) is 0 Å². The molecule has 0 saturated carbocycles. The molecule has 0 spiro atoms. The topological polar surface area (TPSA) is 46.3 Å². The standard InChI is InChI=1S/C16H24N2OS/c1-4-6-10-18(13(3)5-2)16(19)14-11-15(20-12-14)8-7-9-17/h11-13H,4-6,9-10,17H2,1-3H3. The number of carbonyl (C=O) groups excluding carboxylic acids is 1. The first-order valence-electron chi connectivity index (χ1n) is 7.22. The summed E-state index contributed by atoms with van der Waals surface area (Å²) < 4.78 is 0. The molecule has 1 amide bonds. The van der Waals surface area contributed by atoms with Gasteiger partial charge in [-0.15, -0.1) is 11.3 Å². The summed E-state index contributed by atoms with van der Waals surface area (Å²) in [6.45, 7) is 7.53. The molecule has 1 aromatic rings. The smallest absolute Gasteiger partial charge is 0.254 e. The molecule has 1 heterocycles. The highest BCUT2D eigenvalue weighted by Crippen LogP contribution is 2.18. The van der Waals surface area contributed by atoms with Gasteiger partial charge in [0, 0.05) is 18.0 Å². The molecule has 3 nitrogen and oxygen atoms in total. The van der Waals surface area contributed by atoms with Crippen LogP contribution in [0.2, 0.25) is 0 Å². The van der Waals surface area contributed by atoms with Gasteiger partial charge in [-0.2, -0.15) is 0 Å². The number of amides is 1. The molecule has 1 atom stereocenters. The van der Waals surface area contributed by atoms with Crippen molar-refractivity contribution in [3.8, 4) is 11.8 Å². The van der Waals surface area contributed by atoms with Gasteiger partial charge in [-0.05, 0) is 25.8 Å². The third-order valence-electron chi connectivity index (χ3n) is 3.30. The van der Waals surface area contributed by atoms with Crippen molar-refractivity contribution in [2.75, 3.05) is 13.1 Å². The Hall–Kier alpha value is -1.31. The van der Waals surface area contributed by atoms with Crippen LogP contribution in [-0.2, 0) is 0 Å². The maximum Gasteiger partial charge on any atom is 0.254 e. The Bertz CT molecular complexity index is 484. The Kier molecular flexibility index (Phi) is 7.35. The molecule has 0 saturated heterocycles. The number of rotatable bonds is 6. The Morgan fingerprint density at radius 1 is 1.50 bits per heavy atom. The van der Waals surface area contributed by atoms with Gasteiger partial charge in [-0.1, -0.05) is 32.1 Å². The highest BCUT2D eigenvalue weighted by molar-refractivity contribution is 7.10.